The summed E-state index contributed by atoms with van der Waals surface area (Å²) in [4.78, 5) is 6.50. The lowest BCUT2D eigenvalue weighted by Crippen LogP contribution is -2.41. The molecule has 0 amide bonds. The second kappa shape index (κ2) is 4.46. The predicted molar refractivity (Wildman–Crippen MR) is 67.4 cm³/mol. The van der Waals surface area contributed by atoms with Crippen LogP contribution in [0.1, 0.15) is 19.3 Å². The lowest BCUT2D eigenvalue weighted by atomic mass is 10.00. The van der Waals surface area contributed by atoms with Gasteiger partial charge in [-0.3, -0.25) is 9.88 Å². The summed E-state index contributed by atoms with van der Waals surface area (Å²) < 4.78 is 5.81. The van der Waals surface area contributed by atoms with Crippen LogP contribution < -0.4 is 4.74 Å². The van der Waals surface area contributed by atoms with Crippen molar-refractivity contribution in [1.82, 2.24) is 9.88 Å². The van der Waals surface area contributed by atoms with Gasteiger partial charge in [-0.25, -0.2) is 0 Å². The number of likely N-dealkylation sites (N-methyl/N-ethyl adjacent to an activating group) is 1. The molecule has 0 N–H and O–H groups in total. The summed E-state index contributed by atoms with van der Waals surface area (Å²) in [7, 11) is 2.22. The van der Waals surface area contributed by atoms with E-state index in [0.717, 1.165) is 24.3 Å². The zero-order valence-corrected chi connectivity index (χ0v) is 10.7. The molecule has 3 nitrogen and oxygen atoms in total. The molecule has 0 unspecified atom stereocenters. The third-order valence-corrected chi connectivity index (χ3v) is 4.40. The molecule has 1 aromatic rings. The number of hydrogen-bond donors (Lipinski definition) is 0. The van der Waals surface area contributed by atoms with Crippen molar-refractivity contribution in [2.45, 2.75) is 31.3 Å². The highest BCUT2D eigenvalue weighted by molar-refractivity contribution is 6.30. The van der Waals surface area contributed by atoms with Crippen molar-refractivity contribution < 1.29 is 4.74 Å². The molecule has 3 rings (SSSR count). The molecule has 2 aliphatic rings. The minimum absolute atomic E-state index is 0.563. The van der Waals surface area contributed by atoms with Crippen LogP contribution in [-0.4, -0.2) is 35.6 Å². The maximum Gasteiger partial charge on any atom is 0.139 e. The maximum atomic E-state index is 5.88. The summed E-state index contributed by atoms with van der Waals surface area (Å²) in [5, 5.41) is 0.629. The van der Waals surface area contributed by atoms with E-state index in [0.29, 0.717) is 11.1 Å². The van der Waals surface area contributed by atoms with Gasteiger partial charge in [-0.1, -0.05) is 11.6 Å². The van der Waals surface area contributed by atoms with Crippen molar-refractivity contribution in [2.75, 3.05) is 13.7 Å². The molecular formula is C13H17ClN2O. The molecule has 1 aliphatic heterocycles. The van der Waals surface area contributed by atoms with Gasteiger partial charge < -0.3 is 4.74 Å². The molecule has 0 aromatic carbocycles. The van der Waals surface area contributed by atoms with E-state index < -0.39 is 0 Å². The SMILES string of the molecule is CN1[C@@H]2CC[C@@H](C2)[C@@H]1COc1cncc(Cl)c1. The Balaban J connectivity index is 1.61. The Bertz CT molecular complexity index is 410. The van der Waals surface area contributed by atoms with Gasteiger partial charge in [-0.15, -0.1) is 0 Å². The topological polar surface area (TPSA) is 25.4 Å². The van der Waals surface area contributed by atoms with Crippen LogP contribution in [0.4, 0.5) is 0 Å². The number of rotatable bonds is 3. The Morgan fingerprint density at radius 3 is 3.06 bits per heavy atom. The van der Waals surface area contributed by atoms with E-state index >= 15 is 0 Å². The van der Waals surface area contributed by atoms with Crippen LogP contribution in [0.25, 0.3) is 0 Å². The molecule has 4 heteroatoms. The van der Waals surface area contributed by atoms with Crippen LogP contribution >= 0.6 is 11.6 Å². The molecule has 0 spiro atoms. The first-order chi connectivity index (χ1) is 8.24. The summed E-state index contributed by atoms with van der Waals surface area (Å²) in [6.07, 6.45) is 7.41. The average Bonchev–Trinajstić information content (AvgIpc) is 2.88. The Morgan fingerprint density at radius 1 is 1.47 bits per heavy atom. The summed E-state index contributed by atoms with van der Waals surface area (Å²) >= 11 is 5.88. The summed E-state index contributed by atoms with van der Waals surface area (Å²) in [5.74, 6) is 1.59. The lowest BCUT2D eigenvalue weighted by molar-refractivity contribution is 0.118. The van der Waals surface area contributed by atoms with Crippen LogP contribution in [0.15, 0.2) is 18.5 Å². The number of piperidine rings is 1. The molecule has 17 heavy (non-hydrogen) atoms. The number of ether oxygens (including phenoxy) is 1. The van der Waals surface area contributed by atoms with Crippen LogP contribution in [-0.2, 0) is 0 Å². The monoisotopic (exact) mass is 252 g/mol. The van der Waals surface area contributed by atoms with Crippen molar-refractivity contribution >= 4 is 11.6 Å². The van der Waals surface area contributed by atoms with Crippen LogP contribution in [0.3, 0.4) is 0 Å². The van der Waals surface area contributed by atoms with E-state index in [1.807, 2.05) is 6.07 Å². The first kappa shape index (κ1) is 11.3. The molecule has 1 aliphatic carbocycles. The second-order valence-corrected chi connectivity index (χ2v) is 5.55. The normalized spacial score (nSPS) is 32.0. The summed E-state index contributed by atoms with van der Waals surface area (Å²) in [5.41, 5.74) is 0. The molecule has 92 valence electrons. The molecule has 2 heterocycles. The highest BCUT2D eigenvalue weighted by Crippen LogP contribution is 2.41. The minimum atomic E-state index is 0.563. The highest BCUT2D eigenvalue weighted by Gasteiger charge is 2.43. The molecular weight excluding hydrogens is 236 g/mol. The van der Waals surface area contributed by atoms with Gasteiger partial charge in [0.1, 0.15) is 12.4 Å². The Hall–Kier alpha value is -0.800. The third-order valence-electron chi connectivity index (χ3n) is 4.19. The van der Waals surface area contributed by atoms with E-state index in [9.17, 15) is 0 Å². The van der Waals surface area contributed by atoms with Crippen LogP contribution in [0, 0.1) is 5.92 Å². The first-order valence-electron chi connectivity index (χ1n) is 6.19. The third kappa shape index (κ3) is 2.14. The van der Waals surface area contributed by atoms with Crippen molar-refractivity contribution in [2.24, 2.45) is 5.92 Å². The Labute approximate surface area is 107 Å². The number of fused-ring (bicyclic) bond motifs is 2. The van der Waals surface area contributed by atoms with Crippen molar-refractivity contribution in [1.29, 1.82) is 0 Å². The Kier molecular flexibility index (Phi) is 2.97. The van der Waals surface area contributed by atoms with Gasteiger partial charge in [0.05, 0.1) is 11.2 Å². The molecule has 1 aromatic heterocycles. The van der Waals surface area contributed by atoms with Gasteiger partial charge in [-0.05, 0) is 32.2 Å². The van der Waals surface area contributed by atoms with Gasteiger partial charge >= 0.3 is 0 Å². The summed E-state index contributed by atoms with van der Waals surface area (Å²) in [6.45, 7) is 0.750. The van der Waals surface area contributed by atoms with Crippen molar-refractivity contribution in [3.05, 3.63) is 23.5 Å². The average molecular weight is 253 g/mol. The minimum Gasteiger partial charge on any atom is -0.490 e. The standard InChI is InChI=1S/C13H17ClN2O/c1-16-11-3-2-9(4-11)13(16)8-17-12-5-10(14)6-15-7-12/h5-7,9,11,13H,2-4,8H2,1H3/t9-,11+,13-/m0/s1. The zero-order valence-electron chi connectivity index (χ0n) is 9.97. The molecule has 3 atom stereocenters. The number of pyridine rings is 1. The second-order valence-electron chi connectivity index (χ2n) is 5.11. The molecule has 0 radical (unpaired) electrons. The smallest absolute Gasteiger partial charge is 0.139 e. The van der Waals surface area contributed by atoms with Gasteiger partial charge in [-0.2, -0.15) is 0 Å². The van der Waals surface area contributed by atoms with Crippen molar-refractivity contribution in [3.8, 4) is 5.75 Å². The largest absolute Gasteiger partial charge is 0.490 e. The lowest BCUT2D eigenvalue weighted by Gasteiger charge is -2.31. The van der Waals surface area contributed by atoms with Crippen LogP contribution in [0.2, 0.25) is 5.02 Å². The fraction of sp³-hybridized carbons (Fsp3) is 0.615. The number of aromatic nitrogens is 1. The number of halogens is 1. The van der Waals surface area contributed by atoms with Gasteiger partial charge in [0.25, 0.3) is 0 Å². The fourth-order valence-corrected chi connectivity index (χ4v) is 3.38. The summed E-state index contributed by atoms with van der Waals surface area (Å²) in [6, 6.07) is 3.17. The quantitative estimate of drug-likeness (QED) is 0.827. The van der Waals surface area contributed by atoms with Gasteiger partial charge in [0.2, 0.25) is 0 Å². The van der Waals surface area contributed by atoms with E-state index in [1.165, 1.54) is 19.3 Å². The van der Waals surface area contributed by atoms with E-state index in [1.54, 1.807) is 12.4 Å². The van der Waals surface area contributed by atoms with E-state index in [2.05, 4.69) is 16.9 Å². The molecule has 2 bridgehead atoms. The van der Waals surface area contributed by atoms with Gasteiger partial charge in [0, 0.05) is 24.3 Å². The fourth-order valence-electron chi connectivity index (χ4n) is 3.22. The highest BCUT2D eigenvalue weighted by atomic mass is 35.5. The van der Waals surface area contributed by atoms with E-state index in [4.69, 9.17) is 16.3 Å². The zero-order chi connectivity index (χ0) is 11.8. The Morgan fingerprint density at radius 2 is 2.35 bits per heavy atom. The first-order valence-corrected chi connectivity index (χ1v) is 6.57. The molecule has 2 fully saturated rings. The molecule has 1 saturated heterocycles. The predicted octanol–water partition coefficient (Wildman–Crippen LogP) is 2.60. The molecule has 1 saturated carbocycles. The van der Waals surface area contributed by atoms with E-state index in [-0.39, 0.29) is 0 Å². The number of likely N-dealkylation sites (tertiary alicyclic amines) is 1. The number of hydrogen-bond acceptors (Lipinski definition) is 3. The van der Waals surface area contributed by atoms with Crippen LogP contribution in [0.5, 0.6) is 5.75 Å². The maximum absolute atomic E-state index is 5.88. The number of nitrogens with zero attached hydrogens (tertiary/aromatic N) is 2. The van der Waals surface area contributed by atoms with Crippen molar-refractivity contribution in [3.63, 3.8) is 0 Å². The van der Waals surface area contributed by atoms with Gasteiger partial charge in [0.15, 0.2) is 0 Å².